The lowest BCUT2D eigenvalue weighted by Crippen LogP contribution is -2.17. The number of nitriles is 1. The van der Waals surface area contributed by atoms with E-state index in [-0.39, 0.29) is 5.91 Å². The number of carbonyl (C=O) groups excluding carboxylic acids is 1. The van der Waals surface area contributed by atoms with Crippen LogP contribution in [0.25, 0.3) is 11.3 Å². The Balaban J connectivity index is 1.82. The Bertz CT molecular complexity index is 989. The van der Waals surface area contributed by atoms with E-state index in [1.165, 1.54) is 0 Å². The summed E-state index contributed by atoms with van der Waals surface area (Å²) in [5.74, 6) is -0.323. The standard InChI is InChI=1S/C19H15BrN6O/c20-17-4-2-14(3-5-17)18-16(13-26(25-18)11-1-8-21)12-23-24-19(27)15-6-9-22-10-7-15/h2-7,9-10,12-13H,1,11H2,(H,24,27). The molecule has 3 rings (SSSR count). The molecule has 0 aliphatic heterocycles. The number of aromatic nitrogens is 3. The van der Waals surface area contributed by atoms with Crippen molar-refractivity contribution in [3.8, 4) is 17.3 Å². The molecule has 0 spiro atoms. The van der Waals surface area contributed by atoms with Gasteiger partial charge in [-0.05, 0) is 24.3 Å². The van der Waals surface area contributed by atoms with Gasteiger partial charge in [0, 0.05) is 39.8 Å². The number of nitrogens with one attached hydrogen (secondary N) is 1. The van der Waals surface area contributed by atoms with E-state index in [4.69, 9.17) is 5.26 Å². The van der Waals surface area contributed by atoms with Crippen molar-refractivity contribution in [1.29, 1.82) is 5.26 Å². The van der Waals surface area contributed by atoms with Crippen LogP contribution >= 0.6 is 15.9 Å². The minimum absolute atomic E-state index is 0.323. The van der Waals surface area contributed by atoms with Crippen molar-refractivity contribution in [2.75, 3.05) is 0 Å². The summed E-state index contributed by atoms with van der Waals surface area (Å²) in [4.78, 5) is 15.9. The predicted molar refractivity (Wildman–Crippen MR) is 105 cm³/mol. The Labute approximate surface area is 164 Å². The van der Waals surface area contributed by atoms with Crippen molar-refractivity contribution in [2.45, 2.75) is 13.0 Å². The average Bonchev–Trinajstić information content (AvgIpc) is 3.10. The van der Waals surface area contributed by atoms with Crippen molar-refractivity contribution in [2.24, 2.45) is 5.10 Å². The van der Waals surface area contributed by atoms with Gasteiger partial charge >= 0.3 is 0 Å². The molecule has 3 aromatic rings. The zero-order chi connectivity index (χ0) is 19.1. The number of halogens is 1. The molecule has 0 fully saturated rings. The van der Waals surface area contributed by atoms with Gasteiger partial charge in [0.1, 0.15) is 5.69 Å². The van der Waals surface area contributed by atoms with Crippen molar-refractivity contribution in [3.63, 3.8) is 0 Å². The number of benzene rings is 1. The Morgan fingerprint density at radius 1 is 1.26 bits per heavy atom. The highest BCUT2D eigenvalue weighted by atomic mass is 79.9. The van der Waals surface area contributed by atoms with Crippen LogP contribution in [0.5, 0.6) is 0 Å². The largest absolute Gasteiger partial charge is 0.271 e. The maximum Gasteiger partial charge on any atom is 0.271 e. The van der Waals surface area contributed by atoms with Gasteiger partial charge in [0.25, 0.3) is 5.91 Å². The van der Waals surface area contributed by atoms with Crippen molar-refractivity contribution in [1.82, 2.24) is 20.2 Å². The van der Waals surface area contributed by atoms with Crippen molar-refractivity contribution < 1.29 is 4.79 Å². The van der Waals surface area contributed by atoms with E-state index >= 15 is 0 Å². The number of pyridine rings is 1. The summed E-state index contributed by atoms with van der Waals surface area (Å²) in [6.45, 7) is 0.483. The molecule has 0 unspecified atom stereocenters. The highest BCUT2D eigenvalue weighted by Gasteiger charge is 2.10. The smallest absolute Gasteiger partial charge is 0.270 e. The predicted octanol–water partition coefficient (Wildman–Crippen LogP) is 3.39. The van der Waals surface area contributed by atoms with E-state index in [1.807, 2.05) is 24.3 Å². The van der Waals surface area contributed by atoms with E-state index in [0.717, 1.165) is 21.3 Å². The van der Waals surface area contributed by atoms with Crippen LogP contribution in [0.4, 0.5) is 0 Å². The van der Waals surface area contributed by atoms with Gasteiger partial charge in [-0.25, -0.2) is 5.43 Å². The fraction of sp³-hybridized carbons (Fsp3) is 0.105. The second kappa shape index (κ2) is 8.87. The molecule has 2 heterocycles. The summed E-state index contributed by atoms with van der Waals surface area (Å²) in [6.07, 6.45) is 6.80. The lowest BCUT2D eigenvalue weighted by atomic mass is 10.1. The van der Waals surface area contributed by atoms with Crippen LogP contribution in [0.1, 0.15) is 22.3 Å². The molecule has 1 amide bonds. The Hall–Kier alpha value is -3.31. The van der Waals surface area contributed by atoms with Gasteiger partial charge in [0.05, 0.1) is 25.2 Å². The number of hydrazone groups is 1. The van der Waals surface area contributed by atoms with Crippen LogP contribution in [0.3, 0.4) is 0 Å². The zero-order valence-corrected chi connectivity index (χ0v) is 15.8. The Morgan fingerprint density at radius 2 is 2.00 bits per heavy atom. The molecule has 7 nitrogen and oxygen atoms in total. The first kappa shape index (κ1) is 18.5. The van der Waals surface area contributed by atoms with E-state index in [1.54, 1.807) is 41.6 Å². The summed E-state index contributed by atoms with van der Waals surface area (Å²) in [5.41, 5.74) is 5.34. The third kappa shape index (κ3) is 4.86. The van der Waals surface area contributed by atoms with Crippen LogP contribution in [-0.4, -0.2) is 26.9 Å². The van der Waals surface area contributed by atoms with Crippen LogP contribution in [0.2, 0.25) is 0 Å². The summed E-state index contributed by atoms with van der Waals surface area (Å²) < 4.78 is 2.67. The zero-order valence-electron chi connectivity index (χ0n) is 14.2. The third-order valence-electron chi connectivity index (χ3n) is 3.67. The second-order valence-corrected chi connectivity index (χ2v) is 6.46. The normalized spacial score (nSPS) is 10.7. The lowest BCUT2D eigenvalue weighted by molar-refractivity contribution is 0.0955. The molecule has 0 radical (unpaired) electrons. The van der Waals surface area contributed by atoms with Gasteiger partial charge in [-0.2, -0.15) is 15.5 Å². The minimum atomic E-state index is -0.323. The number of aryl methyl sites for hydroxylation is 1. The third-order valence-corrected chi connectivity index (χ3v) is 4.20. The van der Waals surface area contributed by atoms with Crippen LogP contribution < -0.4 is 5.43 Å². The van der Waals surface area contributed by atoms with E-state index in [0.29, 0.717) is 18.5 Å². The highest BCUT2D eigenvalue weighted by molar-refractivity contribution is 9.10. The number of hydrogen-bond acceptors (Lipinski definition) is 5. The number of carbonyl (C=O) groups is 1. The molecule has 8 heteroatoms. The lowest BCUT2D eigenvalue weighted by Gasteiger charge is -2.00. The van der Waals surface area contributed by atoms with Gasteiger partial charge in [-0.3, -0.25) is 14.5 Å². The molecule has 0 saturated heterocycles. The van der Waals surface area contributed by atoms with Crippen molar-refractivity contribution >= 4 is 28.1 Å². The number of amides is 1. The highest BCUT2D eigenvalue weighted by Crippen LogP contribution is 2.23. The first-order chi connectivity index (χ1) is 13.2. The Morgan fingerprint density at radius 3 is 2.70 bits per heavy atom. The minimum Gasteiger partial charge on any atom is -0.270 e. The van der Waals surface area contributed by atoms with Gasteiger partial charge in [-0.15, -0.1) is 0 Å². The van der Waals surface area contributed by atoms with E-state index in [9.17, 15) is 4.79 Å². The number of rotatable bonds is 6. The number of nitrogens with zero attached hydrogens (tertiary/aromatic N) is 5. The van der Waals surface area contributed by atoms with Gasteiger partial charge in [-0.1, -0.05) is 28.1 Å². The molecule has 1 N–H and O–H groups in total. The van der Waals surface area contributed by atoms with Crippen LogP contribution in [-0.2, 0) is 6.54 Å². The molecule has 0 saturated carbocycles. The summed E-state index contributed by atoms with van der Waals surface area (Å²) in [6, 6.07) is 13.1. The summed E-state index contributed by atoms with van der Waals surface area (Å²) in [7, 11) is 0. The number of hydrogen-bond donors (Lipinski definition) is 1. The molecule has 1 aromatic carbocycles. The quantitative estimate of drug-likeness (QED) is 0.486. The molecule has 27 heavy (non-hydrogen) atoms. The molecule has 0 atom stereocenters. The fourth-order valence-electron chi connectivity index (χ4n) is 2.37. The maximum atomic E-state index is 12.1. The van der Waals surface area contributed by atoms with E-state index < -0.39 is 0 Å². The van der Waals surface area contributed by atoms with Gasteiger partial charge < -0.3 is 0 Å². The first-order valence-corrected chi connectivity index (χ1v) is 8.90. The monoisotopic (exact) mass is 422 g/mol. The molecule has 2 aromatic heterocycles. The molecular formula is C19H15BrN6O. The Kier molecular flexibility index (Phi) is 6.07. The summed E-state index contributed by atoms with van der Waals surface area (Å²) >= 11 is 3.42. The molecular weight excluding hydrogens is 408 g/mol. The second-order valence-electron chi connectivity index (χ2n) is 5.55. The van der Waals surface area contributed by atoms with Gasteiger partial charge in [0.15, 0.2) is 0 Å². The first-order valence-electron chi connectivity index (χ1n) is 8.11. The molecule has 134 valence electrons. The molecule has 0 aliphatic carbocycles. The fourth-order valence-corrected chi connectivity index (χ4v) is 2.64. The molecule has 0 bridgehead atoms. The van der Waals surface area contributed by atoms with Crippen LogP contribution in [0.15, 0.2) is 64.6 Å². The summed E-state index contributed by atoms with van der Waals surface area (Å²) in [5, 5.41) is 17.4. The van der Waals surface area contributed by atoms with Gasteiger partial charge in [0.2, 0.25) is 0 Å². The van der Waals surface area contributed by atoms with Crippen LogP contribution in [0, 0.1) is 11.3 Å². The maximum absolute atomic E-state index is 12.1. The SMILES string of the molecule is N#CCCn1cc(C=NNC(=O)c2ccncc2)c(-c2ccc(Br)cc2)n1. The van der Waals surface area contributed by atoms with E-state index in [2.05, 4.69) is 42.6 Å². The molecule has 0 aliphatic rings. The average molecular weight is 423 g/mol. The van der Waals surface area contributed by atoms with Crippen molar-refractivity contribution in [3.05, 3.63) is 70.6 Å². The topological polar surface area (TPSA) is 96.0 Å².